The lowest BCUT2D eigenvalue weighted by molar-refractivity contribution is 0.598. The summed E-state index contributed by atoms with van der Waals surface area (Å²) in [5.41, 5.74) is -0.451. The zero-order chi connectivity index (χ0) is 14.0. The van der Waals surface area contributed by atoms with E-state index in [9.17, 15) is 17.6 Å². The van der Waals surface area contributed by atoms with Crippen molar-refractivity contribution in [1.82, 2.24) is 10.2 Å². The van der Waals surface area contributed by atoms with Crippen molar-refractivity contribution in [1.29, 1.82) is 0 Å². The first-order chi connectivity index (χ1) is 8.88. The van der Waals surface area contributed by atoms with E-state index in [1.54, 1.807) is 0 Å². The lowest BCUT2D eigenvalue weighted by Gasteiger charge is -2.07. The first kappa shape index (κ1) is 13.7. The predicted octanol–water partition coefficient (Wildman–Crippen LogP) is 1.47. The SMILES string of the molecule is O=c1ccc(NS(=O)(=O)c2ccc(F)c(Br)c2)n[nH]1. The minimum Gasteiger partial charge on any atom is -0.268 e. The van der Waals surface area contributed by atoms with Crippen LogP contribution in [0.15, 0.2) is 44.5 Å². The van der Waals surface area contributed by atoms with Gasteiger partial charge in [-0.15, -0.1) is 0 Å². The second-order valence-electron chi connectivity index (χ2n) is 3.49. The van der Waals surface area contributed by atoms with Gasteiger partial charge in [-0.25, -0.2) is 17.9 Å². The minimum atomic E-state index is -3.90. The second-order valence-corrected chi connectivity index (χ2v) is 6.02. The van der Waals surface area contributed by atoms with Crippen LogP contribution in [-0.2, 0) is 10.0 Å². The van der Waals surface area contributed by atoms with Crippen molar-refractivity contribution < 1.29 is 12.8 Å². The third kappa shape index (κ3) is 3.18. The summed E-state index contributed by atoms with van der Waals surface area (Å²) in [6.45, 7) is 0. The van der Waals surface area contributed by atoms with Crippen LogP contribution in [0, 0.1) is 5.82 Å². The predicted molar refractivity (Wildman–Crippen MR) is 69.8 cm³/mol. The summed E-state index contributed by atoms with van der Waals surface area (Å²) in [5, 5.41) is 5.61. The van der Waals surface area contributed by atoms with Crippen LogP contribution in [0.25, 0.3) is 0 Å². The molecule has 19 heavy (non-hydrogen) atoms. The van der Waals surface area contributed by atoms with Crippen LogP contribution in [0.1, 0.15) is 0 Å². The third-order valence-electron chi connectivity index (χ3n) is 2.12. The molecule has 9 heteroatoms. The van der Waals surface area contributed by atoms with E-state index in [1.165, 1.54) is 6.07 Å². The van der Waals surface area contributed by atoms with Gasteiger partial charge in [-0.2, -0.15) is 5.10 Å². The van der Waals surface area contributed by atoms with Crippen molar-refractivity contribution in [3.8, 4) is 0 Å². The standard InChI is InChI=1S/C10H7BrFN3O3S/c11-7-5-6(1-2-8(7)12)19(17,18)15-9-3-4-10(16)14-13-9/h1-5H,(H,13,15)(H,14,16). The van der Waals surface area contributed by atoms with E-state index in [0.29, 0.717) is 0 Å². The van der Waals surface area contributed by atoms with Gasteiger partial charge in [0.05, 0.1) is 9.37 Å². The number of nitrogens with zero attached hydrogens (tertiary/aromatic N) is 1. The first-order valence-corrected chi connectivity index (χ1v) is 7.20. The number of nitrogens with one attached hydrogen (secondary N) is 2. The maximum absolute atomic E-state index is 13.0. The number of rotatable bonds is 3. The van der Waals surface area contributed by atoms with Gasteiger partial charge in [0, 0.05) is 6.07 Å². The van der Waals surface area contributed by atoms with Crippen molar-refractivity contribution in [2.45, 2.75) is 4.90 Å². The number of hydrogen-bond donors (Lipinski definition) is 2. The van der Waals surface area contributed by atoms with Crippen molar-refractivity contribution in [2.24, 2.45) is 0 Å². The zero-order valence-electron chi connectivity index (χ0n) is 9.22. The fourth-order valence-electron chi connectivity index (χ4n) is 1.24. The zero-order valence-corrected chi connectivity index (χ0v) is 11.6. The molecule has 1 aromatic carbocycles. The van der Waals surface area contributed by atoms with E-state index in [2.05, 4.69) is 30.8 Å². The second kappa shape index (κ2) is 5.10. The van der Waals surface area contributed by atoms with E-state index >= 15 is 0 Å². The Kier molecular flexibility index (Phi) is 3.67. The monoisotopic (exact) mass is 347 g/mol. The van der Waals surface area contributed by atoms with Crippen molar-refractivity contribution >= 4 is 31.8 Å². The molecule has 0 radical (unpaired) electrons. The largest absolute Gasteiger partial charge is 0.268 e. The van der Waals surface area contributed by atoms with E-state index in [1.807, 2.05) is 0 Å². The number of aromatic nitrogens is 2. The average molecular weight is 348 g/mol. The molecule has 0 saturated carbocycles. The molecule has 2 rings (SSSR count). The molecular weight excluding hydrogens is 341 g/mol. The number of H-pyrrole nitrogens is 1. The highest BCUT2D eigenvalue weighted by Gasteiger charge is 2.16. The van der Waals surface area contributed by atoms with Crippen LogP contribution in [0.3, 0.4) is 0 Å². The molecule has 2 N–H and O–H groups in total. The van der Waals surface area contributed by atoms with E-state index in [-0.39, 0.29) is 15.2 Å². The maximum Gasteiger partial charge on any atom is 0.264 e. The van der Waals surface area contributed by atoms with E-state index in [4.69, 9.17) is 0 Å². The van der Waals surface area contributed by atoms with Gasteiger partial charge in [0.15, 0.2) is 5.82 Å². The van der Waals surface area contributed by atoms with Crippen LogP contribution in [0.4, 0.5) is 10.2 Å². The smallest absolute Gasteiger partial charge is 0.264 e. The Hall–Kier alpha value is -1.74. The first-order valence-electron chi connectivity index (χ1n) is 4.92. The highest BCUT2D eigenvalue weighted by molar-refractivity contribution is 9.10. The summed E-state index contributed by atoms with van der Waals surface area (Å²) in [4.78, 5) is 10.7. The summed E-state index contributed by atoms with van der Waals surface area (Å²) >= 11 is 2.90. The molecule has 0 atom stereocenters. The Bertz CT molecular complexity index is 755. The Balaban J connectivity index is 2.34. The van der Waals surface area contributed by atoms with Crippen molar-refractivity contribution in [3.63, 3.8) is 0 Å². The number of sulfonamides is 1. The molecule has 0 aliphatic rings. The van der Waals surface area contributed by atoms with Crippen LogP contribution in [0.5, 0.6) is 0 Å². The lowest BCUT2D eigenvalue weighted by Crippen LogP contribution is -2.16. The van der Waals surface area contributed by atoms with Gasteiger partial charge >= 0.3 is 0 Å². The number of halogens is 2. The Labute approximate surface area is 115 Å². The quantitative estimate of drug-likeness (QED) is 0.879. The number of aromatic amines is 1. The molecule has 0 fully saturated rings. The van der Waals surface area contributed by atoms with Gasteiger partial charge in [-0.1, -0.05) is 0 Å². The molecule has 6 nitrogen and oxygen atoms in total. The molecule has 0 unspecified atom stereocenters. The highest BCUT2D eigenvalue weighted by atomic mass is 79.9. The fourth-order valence-corrected chi connectivity index (χ4v) is 2.80. The third-order valence-corrected chi connectivity index (χ3v) is 4.08. The summed E-state index contributed by atoms with van der Waals surface area (Å²) in [7, 11) is -3.90. The summed E-state index contributed by atoms with van der Waals surface area (Å²) in [6, 6.07) is 5.62. The molecule has 100 valence electrons. The molecule has 0 bridgehead atoms. The Morgan fingerprint density at radius 3 is 2.58 bits per heavy atom. The number of anilines is 1. The van der Waals surface area contributed by atoms with E-state index in [0.717, 1.165) is 24.3 Å². The molecule has 0 spiro atoms. The van der Waals surface area contributed by atoms with Crippen LogP contribution in [-0.4, -0.2) is 18.6 Å². The van der Waals surface area contributed by atoms with Gasteiger partial charge in [0.2, 0.25) is 0 Å². The summed E-state index contributed by atoms with van der Waals surface area (Å²) < 4.78 is 39.2. The van der Waals surface area contributed by atoms with Gasteiger partial charge < -0.3 is 0 Å². The van der Waals surface area contributed by atoms with Crippen LogP contribution < -0.4 is 10.3 Å². The Morgan fingerprint density at radius 2 is 2.00 bits per heavy atom. The Morgan fingerprint density at radius 1 is 1.26 bits per heavy atom. The molecule has 0 amide bonds. The molecular formula is C10H7BrFN3O3S. The van der Waals surface area contributed by atoms with Gasteiger partial charge in [-0.05, 0) is 40.2 Å². The molecule has 0 aliphatic heterocycles. The lowest BCUT2D eigenvalue weighted by atomic mass is 10.3. The number of benzene rings is 1. The number of hydrogen-bond acceptors (Lipinski definition) is 4. The molecule has 2 aromatic rings. The van der Waals surface area contributed by atoms with Crippen LogP contribution in [0.2, 0.25) is 0 Å². The van der Waals surface area contributed by atoms with Crippen molar-refractivity contribution in [2.75, 3.05) is 4.72 Å². The van der Waals surface area contributed by atoms with Gasteiger partial charge in [-0.3, -0.25) is 9.52 Å². The molecule has 0 aliphatic carbocycles. The van der Waals surface area contributed by atoms with Gasteiger partial charge in [0.1, 0.15) is 5.82 Å². The van der Waals surface area contributed by atoms with E-state index < -0.39 is 21.4 Å². The topological polar surface area (TPSA) is 91.9 Å². The molecule has 0 saturated heterocycles. The summed E-state index contributed by atoms with van der Waals surface area (Å²) in [6.07, 6.45) is 0. The highest BCUT2D eigenvalue weighted by Crippen LogP contribution is 2.21. The minimum absolute atomic E-state index is 0.0322. The average Bonchev–Trinajstić information content (AvgIpc) is 2.35. The van der Waals surface area contributed by atoms with Gasteiger partial charge in [0.25, 0.3) is 15.6 Å². The van der Waals surface area contributed by atoms with Crippen LogP contribution >= 0.6 is 15.9 Å². The maximum atomic E-state index is 13.0. The normalized spacial score (nSPS) is 11.3. The molecule has 1 aromatic heterocycles. The fraction of sp³-hybridized carbons (Fsp3) is 0. The molecule has 1 heterocycles. The summed E-state index contributed by atoms with van der Waals surface area (Å²) in [5.74, 6) is -0.610. The van der Waals surface area contributed by atoms with Crippen molar-refractivity contribution in [3.05, 3.63) is 51.0 Å².